The standard InChI is InChI=1S/C10H11FN2O2/c1-14-10(15-2)13-6-12-8-5-7(11)3-4-9(8)13/h3-6,10H,1-2H3. The second-order valence-corrected chi connectivity index (χ2v) is 3.06. The zero-order valence-corrected chi connectivity index (χ0v) is 8.48. The van der Waals surface area contributed by atoms with Crippen LogP contribution >= 0.6 is 0 Å². The fraction of sp³-hybridized carbons (Fsp3) is 0.300. The van der Waals surface area contributed by atoms with Gasteiger partial charge in [-0.2, -0.15) is 0 Å². The number of ether oxygens (including phenoxy) is 2. The highest BCUT2D eigenvalue weighted by Gasteiger charge is 2.11. The molecular weight excluding hydrogens is 199 g/mol. The van der Waals surface area contributed by atoms with E-state index in [-0.39, 0.29) is 5.82 Å². The van der Waals surface area contributed by atoms with E-state index < -0.39 is 6.41 Å². The Bertz CT molecular complexity index is 465. The molecule has 0 amide bonds. The molecule has 0 bridgehead atoms. The first-order chi connectivity index (χ1) is 7.26. The Morgan fingerprint density at radius 1 is 1.33 bits per heavy atom. The van der Waals surface area contributed by atoms with Gasteiger partial charge >= 0.3 is 0 Å². The summed E-state index contributed by atoms with van der Waals surface area (Å²) in [7, 11) is 3.06. The van der Waals surface area contributed by atoms with E-state index in [4.69, 9.17) is 9.47 Å². The number of benzene rings is 1. The van der Waals surface area contributed by atoms with Crippen molar-refractivity contribution < 1.29 is 13.9 Å². The van der Waals surface area contributed by atoms with Crippen LogP contribution in [0.1, 0.15) is 6.41 Å². The molecule has 0 saturated heterocycles. The van der Waals surface area contributed by atoms with E-state index in [2.05, 4.69) is 4.98 Å². The fourth-order valence-corrected chi connectivity index (χ4v) is 1.50. The number of methoxy groups -OCH3 is 2. The summed E-state index contributed by atoms with van der Waals surface area (Å²) in [6.07, 6.45) is 1.02. The van der Waals surface area contributed by atoms with Gasteiger partial charge < -0.3 is 9.47 Å². The minimum Gasteiger partial charge on any atom is -0.338 e. The molecule has 2 aromatic rings. The molecular formula is C10H11FN2O2. The molecule has 0 atom stereocenters. The number of rotatable bonds is 3. The third kappa shape index (κ3) is 1.71. The second kappa shape index (κ2) is 3.96. The summed E-state index contributed by atoms with van der Waals surface area (Å²) in [4.78, 5) is 4.06. The molecule has 1 heterocycles. The Balaban J connectivity index is 2.53. The normalized spacial score (nSPS) is 11.5. The van der Waals surface area contributed by atoms with E-state index >= 15 is 0 Å². The van der Waals surface area contributed by atoms with Gasteiger partial charge in [0.25, 0.3) is 0 Å². The van der Waals surface area contributed by atoms with Crippen LogP contribution in [0.5, 0.6) is 0 Å². The summed E-state index contributed by atoms with van der Waals surface area (Å²) in [5, 5.41) is 0. The molecule has 0 unspecified atom stereocenters. The maximum atomic E-state index is 12.9. The number of aromatic nitrogens is 2. The van der Waals surface area contributed by atoms with Gasteiger partial charge in [-0.3, -0.25) is 4.57 Å². The van der Waals surface area contributed by atoms with E-state index in [9.17, 15) is 4.39 Å². The second-order valence-electron chi connectivity index (χ2n) is 3.06. The summed E-state index contributed by atoms with van der Waals surface area (Å²) in [6.45, 7) is 0. The summed E-state index contributed by atoms with van der Waals surface area (Å²) in [5.74, 6) is -0.306. The van der Waals surface area contributed by atoms with Crippen LogP contribution in [-0.2, 0) is 9.47 Å². The Morgan fingerprint density at radius 2 is 2.07 bits per heavy atom. The van der Waals surface area contributed by atoms with Crippen LogP contribution in [0.2, 0.25) is 0 Å². The van der Waals surface area contributed by atoms with Crippen LogP contribution in [0.15, 0.2) is 24.5 Å². The molecule has 1 aromatic carbocycles. The maximum Gasteiger partial charge on any atom is 0.245 e. The minimum atomic E-state index is -0.541. The van der Waals surface area contributed by atoms with Gasteiger partial charge in [0, 0.05) is 20.3 Å². The third-order valence-corrected chi connectivity index (χ3v) is 2.17. The summed E-state index contributed by atoms with van der Waals surface area (Å²) in [6, 6.07) is 4.39. The van der Waals surface area contributed by atoms with Crippen LogP contribution in [0, 0.1) is 5.82 Å². The SMILES string of the molecule is COC(OC)n1cnc2cc(F)ccc21. The molecule has 0 saturated carbocycles. The predicted molar refractivity (Wildman–Crippen MR) is 52.7 cm³/mol. The van der Waals surface area contributed by atoms with Crippen LogP contribution in [-0.4, -0.2) is 23.8 Å². The molecule has 0 spiro atoms. The Hall–Kier alpha value is -1.46. The van der Waals surface area contributed by atoms with Crippen molar-refractivity contribution in [3.8, 4) is 0 Å². The van der Waals surface area contributed by atoms with Crippen molar-refractivity contribution in [2.45, 2.75) is 6.41 Å². The van der Waals surface area contributed by atoms with E-state index in [0.717, 1.165) is 5.52 Å². The Labute approximate surface area is 86.2 Å². The number of imidazole rings is 1. The van der Waals surface area contributed by atoms with Crippen molar-refractivity contribution in [3.63, 3.8) is 0 Å². The summed E-state index contributed by atoms with van der Waals surface area (Å²) in [5.41, 5.74) is 1.35. The lowest BCUT2D eigenvalue weighted by Crippen LogP contribution is -2.11. The lowest BCUT2D eigenvalue weighted by atomic mass is 10.3. The molecule has 0 N–H and O–H groups in total. The van der Waals surface area contributed by atoms with Crippen molar-refractivity contribution >= 4 is 11.0 Å². The van der Waals surface area contributed by atoms with Crippen molar-refractivity contribution in [2.24, 2.45) is 0 Å². The zero-order valence-electron chi connectivity index (χ0n) is 8.48. The smallest absolute Gasteiger partial charge is 0.245 e. The lowest BCUT2D eigenvalue weighted by Gasteiger charge is -2.15. The molecule has 80 valence electrons. The molecule has 2 rings (SSSR count). The number of halogens is 1. The quantitative estimate of drug-likeness (QED) is 0.726. The number of nitrogens with zero attached hydrogens (tertiary/aromatic N) is 2. The number of hydrogen-bond donors (Lipinski definition) is 0. The van der Waals surface area contributed by atoms with Crippen LogP contribution in [0.25, 0.3) is 11.0 Å². The van der Waals surface area contributed by atoms with Gasteiger partial charge in [-0.05, 0) is 12.1 Å². The third-order valence-electron chi connectivity index (χ3n) is 2.17. The van der Waals surface area contributed by atoms with E-state index in [1.165, 1.54) is 26.4 Å². The van der Waals surface area contributed by atoms with Crippen molar-refractivity contribution in [3.05, 3.63) is 30.3 Å². The van der Waals surface area contributed by atoms with E-state index in [0.29, 0.717) is 5.52 Å². The predicted octanol–water partition coefficient (Wildman–Crippen LogP) is 1.92. The molecule has 0 radical (unpaired) electrons. The minimum absolute atomic E-state index is 0.306. The Kier molecular flexibility index (Phi) is 2.66. The van der Waals surface area contributed by atoms with Gasteiger partial charge in [0.1, 0.15) is 5.82 Å². The van der Waals surface area contributed by atoms with Crippen molar-refractivity contribution in [1.82, 2.24) is 9.55 Å². The molecule has 4 nitrogen and oxygen atoms in total. The molecule has 0 aliphatic heterocycles. The highest BCUT2D eigenvalue weighted by atomic mass is 19.1. The number of hydrogen-bond acceptors (Lipinski definition) is 3. The Morgan fingerprint density at radius 3 is 2.73 bits per heavy atom. The van der Waals surface area contributed by atoms with Gasteiger partial charge in [-0.15, -0.1) is 0 Å². The van der Waals surface area contributed by atoms with Gasteiger partial charge in [0.15, 0.2) is 0 Å². The van der Waals surface area contributed by atoms with Gasteiger partial charge in [-0.25, -0.2) is 9.37 Å². The van der Waals surface area contributed by atoms with E-state index in [1.54, 1.807) is 17.0 Å². The first-order valence-electron chi connectivity index (χ1n) is 4.44. The topological polar surface area (TPSA) is 36.3 Å². The largest absolute Gasteiger partial charge is 0.338 e. The summed E-state index contributed by atoms with van der Waals surface area (Å²) < 4.78 is 24.8. The van der Waals surface area contributed by atoms with Gasteiger partial charge in [0.05, 0.1) is 17.4 Å². The molecule has 1 aromatic heterocycles. The van der Waals surface area contributed by atoms with Crippen molar-refractivity contribution in [2.75, 3.05) is 14.2 Å². The molecule has 15 heavy (non-hydrogen) atoms. The van der Waals surface area contributed by atoms with Crippen LogP contribution in [0.4, 0.5) is 4.39 Å². The average Bonchev–Trinajstić information content (AvgIpc) is 2.63. The molecule has 0 aliphatic rings. The average molecular weight is 210 g/mol. The first kappa shape index (κ1) is 10.1. The van der Waals surface area contributed by atoms with Crippen LogP contribution < -0.4 is 0 Å². The van der Waals surface area contributed by atoms with Gasteiger partial charge in [0.2, 0.25) is 6.41 Å². The van der Waals surface area contributed by atoms with E-state index in [1.807, 2.05) is 0 Å². The highest BCUT2D eigenvalue weighted by molar-refractivity contribution is 5.75. The molecule has 5 heteroatoms. The molecule has 0 aliphatic carbocycles. The lowest BCUT2D eigenvalue weighted by molar-refractivity contribution is -0.153. The monoisotopic (exact) mass is 210 g/mol. The van der Waals surface area contributed by atoms with Crippen molar-refractivity contribution in [1.29, 1.82) is 0 Å². The highest BCUT2D eigenvalue weighted by Crippen LogP contribution is 2.19. The zero-order chi connectivity index (χ0) is 10.8. The maximum absolute atomic E-state index is 12.9. The molecule has 0 fully saturated rings. The summed E-state index contributed by atoms with van der Waals surface area (Å²) >= 11 is 0. The van der Waals surface area contributed by atoms with Crippen LogP contribution in [0.3, 0.4) is 0 Å². The fourth-order valence-electron chi connectivity index (χ4n) is 1.50. The number of fused-ring (bicyclic) bond motifs is 1. The first-order valence-corrected chi connectivity index (χ1v) is 4.44. The van der Waals surface area contributed by atoms with Gasteiger partial charge in [-0.1, -0.05) is 0 Å².